The number of ketones is 1. The molecule has 0 saturated carbocycles. The van der Waals surface area contributed by atoms with Gasteiger partial charge in [-0.25, -0.2) is 8.78 Å². The fraction of sp³-hybridized carbons (Fsp3) is 0.167. The zero-order valence-electron chi connectivity index (χ0n) is 14.9. The van der Waals surface area contributed by atoms with Gasteiger partial charge in [0, 0.05) is 11.6 Å². The number of carbonyl (C=O) groups is 3. The van der Waals surface area contributed by atoms with Crippen molar-refractivity contribution in [1.82, 2.24) is 5.32 Å². The van der Waals surface area contributed by atoms with Gasteiger partial charge in [0.25, 0.3) is 5.91 Å². The average molecular weight is 408 g/mol. The molecule has 0 aliphatic carbocycles. The molecular weight excluding hydrogens is 394 g/mol. The van der Waals surface area contributed by atoms with Crippen LogP contribution in [0.1, 0.15) is 20.7 Å². The van der Waals surface area contributed by atoms with Crippen molar-refractivity contribution in [1.29, 1.82) is 0 Å². The summed E-state index contributed by atoms with van der Waals surface area (Å²) in [5.41, 5.74) is -1.12. The number of methoxy groups -OCH3 is 1. The number of nitro benzene ring substituents is 1. The predicted molar refractivity (Wildman–Crippen MR) is 93.6 cm³/mol. The number of halogens is 2. The Labute approximate surface area is 162 Å². The highest BCUT2D eigenvalue weighted by Crippen LogP contribution is 2.27. The van der Waals surface area contributed by atoms with Gasteiger partial charge in [-0.1, -0.05) is 0 Å². The van der Waals surface area contributed by atoms with E-state index in [1.807, 2.05) is 0 Å². The minimum absolute atomic E-state index is 0.0472. The third-order valence-electron chi connectivity index (χ3n) is 3.62. The van der Waals surface area contributed by atoms with Crippen molar-refractivity contribution < 1.29 is 37.6 Å². The van der Waals surface area contributed by atoms with Crippen LogP contribution in [-0.4, -0.2) is 42.8 Å². The Morgan fingerprint density at radius 1 is 1.14 bits per heavy atom. The number of nitro groups is 1. The van der Waals surface area contributed by atoms with Crippen LogP contribution in [0.15, 0.2) is 36.4 Å². The van der Waals surface area contributed by atoms with E-state index in [1.54, 1.807) is 0 Å². The summed E-state index contributed by atoms with van der Waals surface area (Å²) in [5, 5.41) is 13.1. The van der Waals surface area contributed by atoms with E-state index in [9.17, 15) is 33.3 Å². The second-order valence-corrected chi connectivity index (χ2v) is 5.53. The zero-order chi connectivity index (χ0) is 21.6. The summed E-state index contributed by atoms with van der Waals surface area (Å²) in [6, 6.07) is 5.70. The van der Waals surface area contributed by atoms with E-state index in [4.69, 9.17) is 4.74 Å². The summed E-state index contributed by atoms with van der Waals surface area (Å²) in [6.45, 7) is -1.51. The molecule has 0 atom stereocenters. The van der Waals surface area contributed by atoms with Crippen molar-refractivity contribution in [2.24, 2.45) is 0 Å². The second kappa shape index (κ2) is 9.35. The van der Waals surface area contributed by atoms with E-state index in [0.29, 0.717) is 6.07 Å². The number of benzene rings is 2. The molecule has 152 valence electrons. The Bertz CT molecular complexity index is 979. The topological polar surface area (TPSA) is 125 Å². The van der Waals surface area contributed by atoms with Crippen LogP contribution in [0.5, 0.6) is 5.75 Å². The summed E-state index contributed by atoms with van der Waals surface area (Å²) < 4.78 is 36.0. The molecule has 1 amide bonds. The molecule has 0 aliphatic rings. The van der Waals surface area contributed by atoms with E-state index in [-0.39, 0.29) is 11.3 Å². The lowest BCUT2D eigenvalue weighted by Gasteiger charge is -2.08. The van der Waals surface area contributed by atoms with Crippen molar-refractivity contribution in [3.8, 4) is 5.75 Å². The maximum Gasteiger partial charge on any atom is 0.325 e. The summed E-state index contributed by atoms with van der Waals surface area (Å²) in [4.78, 5) is 45.7. The van der Waals surface area contributed by atoms with Crippen LogP contribution >= 0.6 is 0 Å². The molecular formula is C18H14F2N2O7. The predicted octanol–water partition coefficient (Wildman–Crippen LogP) is 2.04. The quantitative estimate of drug-likeness (QED) is 0.307. The third kappa shape index (κ3) is 5.54. The highest BCUT2D eigenvalue weighted by Gasteiger charge is 2.19. The van der Waals surface area contributed by atoms with Gasteiger partial charge < -0.3 is 14.8 Å². The van der Waals surface area contributed by atoms with Crippen LogP contribution in [-0.2, 0) is 9.53 Å². The molecule has 0 heterocycles. The molecule has 2 rings (SSSR count). The Hall–Kier alpha value is -3.89. The van der Waals surface area contributed by atoms with Gasteiger partial charge in [0.2, 0.25) is 5.78 Å². The second-order valence-electron chi connectivity index (χ2n) is 5.53. The van der Waals surface area contributed by atoms with Gasteiger partial charge in [-0.2, -0.15) is 0 Å². The number of hydrogen-bond donors (Lipinski definition) is 1. The zero-order valence-corrected chi connectivity index (χ0v) is 14.9. The van der Waals surface area contributed by atoms with Gasteiger partial charge >= 0.3 is 11.7 Å². The largest absolute Gasteiger partial charge is 0.490 e. The van der Waals surface area contributed by atoms with Crippen molar-refractivity contribution in [3.05, 3.63) is 69.3 Å². The first-order valence-electron chi connectivity index (χ1n) is 7.97. The highest BCUT2D eigenvalue weighted by atomic mass is 19.1. The summed E-state index contributed by atoms with van der Waals surface area (Å²) in [6.07, 6.45) is 0. The normalized spacial score (nSPS) is 10.2. The monoisotopic (exact) mass is 408 g/mol. The molecule has 9 nitrogen and oxygen atoms in total. The van der Waals surface area contributed by atoms with Crippen LogP contribution in [0.4, 0.5) is 14.5 Å². The number of esters is 1. The Morgan fingerprint density at radius 3 is 2.52 bits per heavy atom. The van der Waals surface area contributed by atoms with Gasteiger partial charge in [0.1, 0.15) is 18.2 Å². The van der Waals surface area contributed by atoms with Crippen molar-refractivity contribution in [2.75, 3.05) is 20.3 Å². The molecule has 0 fully saturated rings. The van der Waals surface area contributed by atoms with Crippen molar-refractivity contribution >= 4 is 23.3 Å². The molecule has 0 aliphatic heterocycles. The highest BCUT2D eigenvalue weighted by molar-refractivity contribution is 5.99. The number of amides is 1. The number of ether oxygens (including phenoxy) is 2. The summed E-state index contributed by atoms with van der Waals surface area (Å²) in [7, 11) is 1.23. The van der Waals surface area contributed by atoms with E-state index >= 15 is 0 Å². The van der Waals surface area contributed by atoms with Crippen LogP contribution in [0.25, 0.3) is 0 Å². The molecule has 0 bridgehead atoms. The molecule has 0 radical (unpaired) electrons. The molecule has 2 aromatic carbocycles. The molecule has 2 aromatic rings. The Balaban J connectivity index is 1.91. The number of carbonyl (C=O) groups excluding carboxylic acids is 3. The van der Waals surface area contributed by atoms with Gasteiger partial charge in [-0.15, -0.1) is 0 Å². The fourth-order valence-electron chi connectivity index (χ4n) is 2.21. The molecule has 1 N–H and O–H groups in total. The van der Waals surface area contributed by atoms with E-state index < -0.39 is 58.6 Å². The van der Waals surface area contributed by atoms with E-state index in [1.165, 1.54) is 19.2 Å². The van der Waals surface area contributed by atoms with Crippen LogP contribution in [0.2, 0.25) is 0 Å². The number of rotatable bonds is 8. The summed E-state index contributed by atoms with van der Waals surface area (Å²) in [5.74, 6) is -4.65. The van der Waals surface area contributed by atoms with Crippen LogP contribution in [0, 0.1) is 21.7 Å². The van der Waals surface area contributed by atoms with Crippen molar-refractivity contribution in [3.63, 3.8) is 0 Å². The number of nitrogens with one attached hydrogen (secondary N) is 1. The van der Waals surface area contributed by atoms with E-state index in [0.717, 1.165) is 18.2 Å². The first-order valence-corrected chi connectivity index (χ1v) is 7.97. The van der Waals surface area contributed by atoms with Gasteiger partial charge in [-0.3, -0.25) is 24.5 Å². The molecule has 0 aromatic heterocycles. The SMILES string of the molecule is COc1ccc(C(=O)NCC(=O)OCC(=O)c2cc(F)ccc2F)cc1[N+](=O)[O-]. The maximum atomic E-state index is 13.5. The van der Waals surface area contributed by atoms with Crippen LogP contribution < -0.4 is 10.1 Å². The van der Waals surface area contributed by atoms with Gasteiger partial charge in [0.05, 0.1) is 17.6 Å². The first kappa shape index (κ1) is 21.4. The summed E-state index contributed by atoms with van der Waals surface area (Å²) >= 11 is 0. The minimum atomic E-state index is -1.02. The third-order valence-corrected chi connectivity index (χ3v) is 3.62. The minimum Gasteiger partial charge on any atom is -0.490 e. The lowest BCUT2D eigenvalue weighted by Crippen LogP contribution is -2.31. The first-order chi connectivity index (χ1) is 13.7. The molecule has 11 heteroatoms. The average Bonchev–Trinajstić information content (AvgIpc) is 2.71. The van der Waals surface area contributed by atoms with Crippen molar-refractivity contribution in [2.45, 2.75) is 0 Å². The standard InChI is InChI=1S/C18H14F2N2O7/c1-28-16-5-2-10(6-14(16)22(26)27)18(25)21-8-17(24)29-9-15(23)12-7-11(19)3-4-13(12)20/h2-7H,8-9H2,1H3,(H,21,25). The molecule has 0 unspecified atom stereocenters. The lowest BCUT2D eigenvalue weighted by molar-refractivity contribution is -0.385. The Morgan fingerprint density at radius 2 is 1.86 bits per heavy atom. The number of hydrogen-bond acceptors (Lipinski definition) is 7. The number of nitrogens with zero attached hydrogens (tertiary/aromatic N) is 1. The maximum absolute atomic E-state index is 13.5. The van der Waals surface area contributed by atoms with E-state index in [2.05, 4.69) is 10.1 Å². The fourth-order valence-corrected chi connectivity index (χ4v) is 2.21. The smallest absolute Gasteiger partial charge is 0.325 e. The molecule has 29 heavy (non-hydrogen) atoms. The van der Waals surface area contributed by atoms with Gasteiger partial charge in [-0.05, 0) is 30.3 Å². The number of Topliss-reactive ketones (excluding diaryl/α,β-unsaturated/α-hetero) is 1. The van der Waals surface area contributed by atoms with Gasteiger partial charge in [0.15, 0.2) is 12.4 Å². The molecule has 0 saturated heterocycles. The lowest BCUT2D eigenvalue weighted by atomic mass is 10.1. The Kier molecular flexibility index (Phi) is 6.90. The molecule has 0 spiro atoms. The van der Waals surface area contributed by atoms with Crippen LogP contribution in [0.3, 0.4) is 0 Å².